The standard InChI is InChI=1S/C24H38N4O6S/c1-17-10-11-20(21(25-17)27-14-12-18(16-27)8-7-15-29)35(32,26-23(31)34-24(2,3)4)28-13-6-9-19(28)22(30)33-5/h10-11,18-19,29H,6-9,12-16H2,1-5H3/t18-,19+,35+/m1/s1. The lowest BCUT2D eigenvalue weighted by atomic mass is 10.0. The molecule has 1 N–H and O–H groups in total. The lowest BCUT2D eigenvalue weighted by molar-refractivity contribution is -0.144. The minimum absolute atomic E-state index is 0.150. The molecule has 10 nitrogen and oxygen atoms in total. The van der Waals surface area contributed by atoms with Crippen LogP contribution in [0.3, 0.4) is 0 Å². The number of ether oxygens (including phenoxy) is 2. The van der Waals surface area contributed by atoms with E-state index in [9.17, 15) is 18.9 Å². The second-order valence-corrected chi connectivity index (χ2v) is 12.2. The smallest absolute Gasteiger partial charge is 0.443 e. The van der Waals surface area contributed by atoms with E-state index in [-0.39, 0.29) is 6.61 Å². The summed E-state index contributed by atoms with van der Waals surface area (Å²) in [6, 6.07) is 2.65. The number of aliphatic hydroxyl groups excluding tert-OH is 1. The van der Waals surface area contributed by atoms with Crippen LogP contribution in [0, 0.1) is 12.8 Å². The van der Waals surface area contributed by atoms with Gasteiger partial charge in [0, 0.05) is 31.9 Å². The number of carbonyl (C=O) groups is 2. The zero-order valence-electron chi connectivity index (χ0n) is 21.4. The fourth-order valence-electron chi connectivity index (χ4n) is 4.62. The molecule has 0 spiro atoms. The molecule has 11 heteroatoms. The van der Waals surface area contributed by atoms with Gasteiger partial charge in [0.15, 0.2) is 9.92 Å². The van der Waals surface area contributed by atoms with Gasteiger partial charge in [-0.15, -0.1) is 4.36 Å². The summed E-state index contributed by atoms with van der Waals surface area (Å²) in [6.45, 7) is 8.87. The molecule has 2 aliphatic rings. The number of nitrogens with zero attached hydrogens (tertiary/aromatic N) is 4. The van der Waals surface area contributed by atoms with Gasteiger partial charge in [-0.2, -0.15) is 4.31 Å². The molecule has 2 aliphatic heterocycles. The summed E-state index contributed by atoms with van der Waals surface area (Å²) < 4.78 is 30.8. The van der Waals surface area contributed by atoms with Crippen LogP contribution in [0.4, 0.5) is 10.6 Å². The van der Waals surface area contributed by atoms with Crippen LogP contribution in [0.15, 0.2) is 21.4 Å². The molecule has 1 aromatic heterocycles. The van der Waals surface area contributed by atoms with Gasteiger partial charge in [0.05, 0.1) is 7.11 Å². The van der Waals surface area contributed by atoms with Gasteiger partial charge < -0.3 is 19.5 Å². The first-order valence-corrected chi connectivity index (χ1v) is 13.6. The summed E-state index contributed by atoms with van der Waals surface area (Å²) >= 11 is 0. The maximum absolute atomic E-state index is 14.8. The zero-order valence-corrected chi connectivity index (χ0v) is 22.2. The number of aryl methyl sites for hydroxylation is 1. The Morgan fingerprint density at radius 1 is 1.26 bits per heavy atom. The summed E-state index contributed by atoms with van der Waals surface area (Å²) in [5.41, 5.74) is -0.0794. The van der Waals surface area contributed by atoms with Gasteiger partial charge in [-0.1, -0.05) is 0 Å². The molecule has 2 saturated heterocycles. The molecule has 2 fully saturated rings. The van der Waals surface area contributed by atoms with E-state index in [2.05, 4.69) is 9.26 Å². The van der Waals surface area contributed by atoms with Gasteiger partial charge in [-0.05, 0) is 77.8 Å². The molecule has 0 aromatic carbocycles. The van der Waals surface area contributed by atoms with E-state index in [0.717, 1.165) is 25.0 Å². The van der Waals surface area contributed by atoms with Crippen LogP contribution in [0.5, 0.6) is 0 Å². The first-order chi connectivity index (χ1) is 16.5. The SMILES string of the molecule is COC(=O)[C@@H]1CCCN1[S@@](=O)(=NC(=O)OC(C)(C)C)c1ccc(C)nc1N1CC[C@@H](CCCO)C1. The number of esters is 1. The van der Waals surface area contributed by atoms with Crippen LogP contribution in [0.1, 0.15) is 58.6 Å². The number of aromatic nitrogens is 1. The van der Waals surface area contributed by atoms with Crippen LogP contribution in [0.25, 0.3) is 0 Å². The van der Waals surface area contributed by atoms with Gasteiger partial charge in [-0.3, -0.25) is 4.79 Å². The summed E-state index contributed by atoms with van der Waals surface area (Å²) in [6.07, 6.45) is 2.66. The van der Waals surface area contributed by atoms with E-state index in [0.29, 0.717) is 49.1 Å². The van der Waals surface area contributed by atoms with Crippen LogP contribution in [-0.4, -0.2) is 75.7 Å². The Bertz CT molecular complexity index is 1050. The molecule has 0 aliphatic carbocycles. The molecule has 1 amide bonds. The van der Waals surface area contributed by atoms with Crippen molar-refractivity contribution in [2.24, 2.45) is 10.3 Å². The number of hydrogen-bond acceptors (Lipinski definition) is 8. The average molecular weight is 511 g/mol. The normalized spacial score (nSPS) is 22.6. The second-order valence-electron chi connectivity index (χ2n) is 10.1. The third kappa shape index (κ3) is 6.50. The monoisotopic (exact) mass is 510 g/mol. The molecule has 3 atom stereocenters. The molecule has 3 rings (SSSR count). The van der Waals surface area contributed by atoms with E-state index in [1.807, 2.05) is 6.92 Å². The molecule has 196 valence electrons. The number of hydrogen-bond donors (Lipinski definition) is 1. The van der Waals surface area contributed by atoms with Gasteiger partial charge in [0.1, 0.15) is 22.4 Å². The number of anilines is 1. The maximum atomic E-state index is 14.8. The number of methoxy groups -OCH3 is 1. The molecular formula is C24H38N4O6S. The largest absolute Gasteiger partial charge is 0.468 e. The molecule has 3 heterocycles. The highest BCUT2D eigenvalue weighted by Crippen LogP contribution is 2.36. The Morgan fingerprint density at radius 2 is 2.00 bits per heavy atom. The highest BCUT2D eigenvalue weighted by atomic mass is 32.2. The van der Waals surface area contributed by atoms with Crippen LogP contribution in [0.2, 0.25) is 0 Å². The van der Waals surface area contributed by atoms with E-state index in [1.165, 1.54) is 11.4 Å². The quantitative estimate of drug-likeness (QED) is 0.555. The van der Waals surface area contributed by atoms with E-state index >= 15 is 0 Å². The van der Waals surface area contributed by atoms with Gasteiger partial charge in [0.2, 0.25) is 0 Å². The molecule has 0 unspecified atom stereocenters. The number of amides is 1. The highest BCUT2D eigenvalue weighted by molar-refractivity contribution is 7.91. The molecule has 1 aromatic rings. The van der Waals surface area contributed by atoms with Crippen molar-refractivity contribution in [2.75, 3.05) is 38.3 Å². The number of carbonyl (C=O) groups excluding carboxylic acids is 2. The third-order valence-electron chi connectivity index (χ3n) is 6.21. The second kappa shape index (κ2) is 11.2. The molecular weight excluding hydrogens is 472 g/mol. The topological polar surface area (TPSA) is 122 Å². The maximum Gasteiger partial charge on any atom is 0.443 e. The number of pyridine rings is 1. The zero-order chi connectivity index (χ0) is 25.8. The number of aliphatic hydroxyl groups is 1. The molecule has 0 bridgehead atoms. The summed E-state index contributed by atoms with van der Waals surface area (Å²) in [4.78, 5) is 32.5. The van der Waals surface area contributed by atoms with E-state index in [4.69, 9.17) is 14.5 Å². The summed E-state index contributed by atoms with van der Waals surface area (Å²) in [5, 5.41) is 9.21. The molecule has 0 radical (unpaired) electrons. The first-order valence-electron chi connectivity index (χ1n) is 12.2. The molecule has 35 heavy (non-hydrogen) atoms. The van der Waals surface area contributed by atoms with Crippen molar-refractivity contribution in [3.8, 4) is 0 Å². The van der Waals surface area contributed by atoms with Crippen LogP contribution in [-0.2, 0) is 24.2 Å². The minimum Gasteiger partial charge on any atom is -0.468 e. The lowest BCUT2D eigenvalue weighted by Crippen LogP contribution is -2.42. The van der Waals surface area contributed by atoms with Gasteiger partial charge >= 0.3 is 12.1 Å². The molecule has 0 saturated carbocycles. The summed E-state index contributed by atoms with van der Waals surface area (Å²) in [5.74, 6) is 0.372. The fourth-order valence-corrected chi connectivity index (χ4v) is 6.89. The van der Waals surface area contributed by atoms with Crippen molar-refractivity contribution in [1.29, 1.82) is 0 Å². The summed E-state index contributed by atoms with van der Waals surface area (Å²) in [7, 11) is -2.31. The van der Waals surface area contributed by atoms with Gasteiger partial charge in [-0.25, -0.2) is 14.0 Å². The predicted molar refractivity (Wildman–Crippen MR) is 132 cm³/mol. The Kier molecular flexibility index (Phi) is 8.76. The van der Waals surface area contributed by atoms with Crippen LogP contribution >= 0.6 is 0 Å². The Balaban J connectivity index is 2.12. The van der Waals surface area contributed by atoms with Crippen molar-refractivity contribution >= 4 is 27.8 Å². The Hall–Kier alpha value is -2.24. The van der Waals surface area contributed by atoms with Crippen molar-refractivity contribution in [3.05, 3.63) is 17.8 Å². The highest BCUT2D eigenvalue weighted by Gasteiger charge is 2.42. The van der Waals surface area contributed by atoms with E-state index in [1.54, 1.807) is 32.9 Å². The van der Waals surface area contributed by atoms with Crippen LogP contribution < -0.4 is 4.90 Å². The Labute approximate surface area is 208 Å². The lowest BCUT2D eigenvalue weighted by Gasteiger charge is -2.29. The predicted octanol–water partition coefficient (Wildman–Crippen LogP) is 3.30. The number of rotatable bonds is 7. The fraction of sp³-hybridized carbons (Fsp3) is 0.708. The van der Waals surface area contributed by atoms with Gasteiger partial charge in [0.25, 0.3) is 0 Å². The Morgan fingerprint density at radius 3 is 2.66 bits per heavy atom. The van der Waals surface area contributed by atoms with Crippen molar-refractivity contribution in [2.45, 2.75) is 76.3 Å². The van der Waals surface area contributed by atoms with Crippen molar-refractivity contribution in [3.63, 3.8) is 0 Å². The first kappa shape index (κ1) is 27.3. The van der Waals surface area contributed by atoms with E-state index < -0.39 is 33.6 Å². The van der Waals surface area contributed by atoms with Crippen molar-refractivity contribution in [1.82, 2.24) is 9.29 Å². The minimum atomic E-state index is -3.60. The van der Waals surface area contributed by atoms with Crippen molar-refractivity contribution < 1.29 is 28.4 Å². The average Bonchev–Trinajstić information content (AvgIpc) is 3.45. The third-order valence-corrected chi connectivity index (χ3v) is 8.57.